The van der Waals surface area contributed by atoms with Gasteiger partial charge >= 0.3 is 0 Å². The minimum absolute atomic E-state index is 0.0383. The monoisotopic (exact) mass is 215 g/mol. The summed E-state index contributed by atoms with van der Waals surface area (Å²) in [6.45, 7) is 8.17. The normalized spacial score (nSPS) is 10.1. The van der Waals surface area contributed by atoms with Crippen molar-refractivity contribution in [3.63, 3.8) is 0 Å². The summed E-state index contributed by atoms with van der Waals surface area (Å²) in [5, 5.41) is 5.41. The van der Waals surface area contributed by atoms with Crippen molar-refractivity contribution in [2.24, 2.45) is 0 Å². The molecule has 2 N–H and O–H groups in total. The highest BCUT2D eigenvalue weighted by molar-refractivity contribution is 5.81. The van der Waals surface area contributed by atoms with Gasteiger partial charge in [-0.2, -0.15) is 0 Å². The van der Waals surface area contributed by atoms with Gasteiger partial charge in [0.2, 0.25) is 11.8 Å². The van der Waals surface area contributed by atoms with Gasteiger partial charge in [0.1, 0.15) is 0 Å². The van der Waals surface area contributed by atoms with Crippen LogP contribution >= 0.6 is 0 Å². The molecular formula is C10H21N3O2. The standard InChI is InChI=1S/C10H21N3O2/c1-4-11-9(14)7-13(6-3)8-10(15)12-5-2/h4-8H2,1-3H3,(H,11,14)(H,12,15). The molecule has 0 aliphatic rings. The van der Waals surface area contributed by atoms with Crippen LogP contribution in [0.25, 0.3) is 0 Å². The minimum atomic E-state index is -0.0383. The molecule has 0 bridgehead atoms. The molecule has 0 aromatic heterocycles. The fourth-order valence-electron chi connectivity index (χ4n) is 1.19. The van der Waals surface area contributed by atoms with Crippen molar-refractivity contribution in [1.82, 2.24) is 15.5 Å². The van der Waals surface area contributed by atoms with Gasteiger partial charge in [-0.05, 0) is 20.4 Å². The molecule has 0 aliphatic carbocycles. The summed E-state index contributed by atoms with van der Waals surface area (Å²) in [5.74, 6) is -0.0766. The van der Waals surface area contributed by atoms with E-state index in [1.807, 2.05) is 20.8 Å². The molecule has 0 rings (SSSR count). The molecule has 15 heavy (non-hydrogen) atoms. The van der Waals surface area contributed by atoms with E-state index in [0.717, 1.165) is 0 Å². The van der Waals surface area contributed by atoms with Crippen LogP contribution < -0.4 is 10.6 Å². The molecule has 0 aromatic rings. The van der Waals surface area contributed by atoms with Crippen LogP contribution in [0.3, 0.4) is 0 Å². The van der Waals surface area contributed by atoms with E-state index >= 15 is 0 Å². The Morgan fingerprint density at radius 3 is 1.60 bits per heavy atom. The Morgan fingerprint density at radius 1 is 0.933 bits per heavy atom. The summed E-state index contributed by atoms with van der Waals surface area (Å²) in [7, 11) is 0. The Hall–Kier alpha value is -1.10. The number of nitrogens with zero attached hydrogens (tertiary/aromatic N) is 1. The first-order chi connectivity index (χ1) is 7.13. The first kappa shape index (κ1) is 13.9. The van der Waals surface area contributed by atoms with Crippen LogP contribution in [0, 0.1) is 0 Å². The van der Waals surface area contributed by atoms with Crippen molar-refractivity contribution in [3.8, 4) is 0 Å². The zero-order valence-corrected chi connectivity index (χ0v) is 9.80. The molecule has 0 fully saturated rings. The molecule has 5 nitrogen and oxygen atoms in total. The van der Waals surface area contributed by atoms with Gasteiger partial charge in [0.05, 0.1) is 13.1 Å². The first-order valence-electron chi connectivity index (χ1n) is 5.39. The molecule has 5 heteroatoms. The van der Waals surface area contributed by atoms with Gasteiger partial charge in [0.15, 0.2) is 0 Å². The number of likely N-dealkylation sites (N-methyl/N-ethyl adjacent to an activating group) is 3. The summed E-state index contributed by atoms with van der Waals surface area (Å²) in [6.07, 6.45) is 0. The van der Waals surface area contributed by atoms with Crippen molar-refractivity contribution >= 4 is 11.8 Å². The predicted molar refractivity (Wildman–Crippen MR) is 59.5 cm³/mol. The average Bonchev–Trinajstić information content (AvgIpc) is 2.17. The van der Waals surface area contributed by atoms with Crippen molar-refractivity contribution in [2.45, 2.75) is 20.8 Å². The Balaban J connectivity index is 3.91. The fourth-order valence-corrected chi connectivity index (χ4v) is 1.19. The van der Waals surface area contributed by atoms with Crippen molar-refractivity contribution in [1.29, 1.82) is 0 Å². The number of rotatable bonds is 7. The molecule has 0 radical (unpaired) electrons. The first-order valence-corrected chi connectivity index (χ1v) is 5.39. The summed E-state index contributed by atoms with van der Waals surface area (Å²) < 4.78 is 0. The fraction of sp³-hybridized carbons (Fsp3) is 0.800. The number of hydrogen-bond donors (Lipinski definition) is 2. The van der Waals surface area contributed by atoms with Crippen LogP contribution in [0.4, 0.5) is 0 Å². The van der Waals surface area contributed by atoms with Crippen LogP contribution in [0.15, 0.2) is 0 Å². The van der Waals surface area contributed by atoms with Gasteiger partial charge in [0.25, 0.3) is 0 Å². The number of amides is 2. The maximum absolute atomic E-state index is 11.3. The lowest BCUT2D eigenvalue weighted by Gasteiger charge is -2.18. The summed E-state index contributed by atoms with van der Waals surface area (Å²) >= 11 is 0. The molecule has 0 unspecified atom stereocenters. The topological polar surface area (TPSA) is 61.4 Å². The highest BCUT2D eigenvalue weighted by Crippen LogP contribution is 1.87. The Bertz CT molecular complexity index is 187. The third kappa shape index (κ3) is 6.90. The lowest BCUT2D eigenvalue weighted by Crippen LogP contribution is -2.42. The zero-order chi connectivity index (χ0) is 11.7. The van der Waals surface area contributed by atoms with Gasteiger partial charge in [-0.15, -0.1) is 0 Å². The van der Waals surface area contributed by atoms with E-state index in [9.17, 15) is 9.59 Å². The zero-order valence-electron chi connectivity index (χ0n) is 9.80. The molecule has 0 aliphatic heterocycles. The minimum Gasteiger partial charge on any atom is -0.355 e. The van der Waals surface area contributed by atoms with Gasteiger partial charge < -0.3 is 10.6 Å². The predicted octanol–water partition coefficient (Wildman–Crippen LogP) is -0.419. The van der Waals surface area contributed by atoms with E-state index in [1.54, 1.807) is 4.90 Å². The Morgan fingerprint density at radius 2 is 1.33 bits per heavy atom. The highest BCUT2D eigenvalue weighted by Gasteiger charge is 2.11. The smallest absolute Gasteiger partial charge is 0.234 e. The van der Waals surface area contributed by atoms with E-state index in [4.69, 9.17) is 0 Å². The average molecular weight is 215 g/mol. The second kappa shape index (κ2) is 8.23. The molecule has 0 aromatic carbocycles. The lowest BCUT2D eigenvalue weighted by atomic mass is 10.4. The van der Waals surface area contributed by atoms with E-state index in [-0.39, 0.29) is 24.9 Å². The summed E-state index contributed by atoms with van der Waals surface area (Å²) in [6, 6.07) is 0. The van der Waals surface area contributed by atoms with Crippen LogP contribution in [-0.4, -0.2) is 49.4 Å². The molecule has 0 saturated heterocycles. The molecule has 88 valence electrons. The van der Waals surface area contributed by atoms with Gasteiger partial charge in [0, 0.05) is 13.1 Å². The van der Waals surface area contributed by atoms with E-state index in [2.05, 4.69) is 10.6 Å². The summed E-state index contributed by atoms with van der Waals surface area (Å²) in [5.41, 5.74) is 0. The largest absolute Gasteiger partial charge is 0.355 e. The maximum atomic E-state index is 11.3. The molecule has 0 heterocycles. The van der Waals surface area contributed by atoms with Crippen LogP contribution in [0.5, 0.6) is 0 Å². The van der Waals surface area contributed by atoms with Crippen molar-refractivity contribution in [2.75, 3.05) is 32.7 Å². The van der Waals surface area contributed by atoms with Gasteiger partial charge in [-0.3, -0.25) is 14.5 Å². The molecule has 0 saturated carbocycles. The van der Waals surface area contributed by atoms with Crippen molar-refractivity contribution < 1.29 is 9.59 Å². The van der Waals surface area contributed by atoms with E-state index in [0.29, 0.717) is 19.6 Å². The SMILES string of the molecule is CCNC(=O)CN(CC)CC(=O)NCC. The van der Waals surface area contributed by atoms with Crippen molar-refractivity contribution in [3.05, 3.63) is 0 Å². The number of carbonyl (C=O) groups is 2. The third-order valence-corrected chi connectivity index (χ3v) is 1.93. The number of hydrogen-bond acceptors (Lipinski definition) is 3. The lowest BCUT2D eigenvalue weighted by molar-refractivity contribution is -0.124. The second-order valence-corrected chi connectivity index (χ2v) is 3.21. The Kier molecular flexibility index (Phi) is 7.62. The van der Waals surface area contributed by atoms with Gasteiger partial charge in [-0.25, -0.2) is 0 Å². The molecule has 0 atom stereocenters. The van der Waals surface area contributed by atoms with E-state index in [1.165, 1.54) is 0 Å². The molecular weight excluding hydrogens is 194 g/mol. The third-order valence-electron chi connectivity index (χ3n) is 1.93. The quantitative estimate of drug-likeness (QED) is 0.606. The second-order valence-electron chi connectivity index (χ2n) is 3.21. The number of carbonyl (C=O) groups excluding carboxylic acids is 2. The highest BCUT2D eigenvalue weighted by atomic mass is 16.2. The number of nitrogens with one attached hydrogen (secondary N) is 2. The molecule has 0 spiro atoms. The summed E-state index contributed by atoms with van der Waals surface area (Å²) in [4.78, 5) is 24.3. The molecule has 2 amide bonds. The van der Waals surface area contributed by atoms with Crippen LogP contribution in [0.2, 0.25) is 0 Å². The van der Waals surface area contributed by atoms with E-state index < -0.39 is 0 Å². The van der Waals surface area contributed by atoms with Crippen LogP contribution in [0.1, 0.15) is 20.8 Å². The Labute approximate surface area is 91.2 Å². The van der Waals surface area contributed by atoms with Gasteiger partial charge in [-0.1, -0.05) is 6.92 Å². The maximum Gasteiger partial charge on any atom is 0.234 e. The van der Waals surface area contributed by atoms with Crippen LogP contribution in [-0.2, 0) is 9.59 Å².